The Morgan fingerprint density at radius 1 is 1.13 bits per heavy atom. The van der Waals surface area contributed by atoms with Gasteiger partial charge in [-0.15, -0.1) is 0 Å². The maximum absolute atomic E-state index is 12.2. The number of hydrogen-bond acceptors (Lipinski definition) is 5. The number of aromatic nitrogens is 4. The van der Waals surface area contributed by atoms with Crippen LogP contribution in [0.15, 0.2) is 46.2 Å². The van der Waals surface area contributed by atoms with Crippen LogP contribution in [0.5, 0.6) is 0 Å². The van der Waals surface area contributed by atoms with Crippen molar-refractivity contribution < 1.29 is 9.53 Å². The summed E-state index contributed by atoms with van der Waals surface area (Å²) >= 11 is 0. The van der Waals surface area contributed by atoms with Crippen LogP contribution in [0.4, 0.5) is 0 Å². The minimum Gasteiger partial charge on any atom is -0.440 e. The van der Waals surface area contributed by atoms with Crippen molar-refractivity contribution in [2.45, 2.75) is 6.73 Å². The number of rotatable bonds is 3. The second kappa shape index (κ2) is 5.56. The average Bonchev–Trinajstić information content (AvgIpc) is 3.00. The Bertz CT molecular complexity index is 998. The summed E-state index contributed by atoms with van der Waals surface area (Å²) in [6.45, 7) is -0.169. The Morgan fingerprint density at radius 2 is 1.83 bits per heavy atom. The molecule has 23 heavy (non-hydrogen) atoms. The van der Waals surface area contributed by atoms with Gasteiger partial charge in [-0.2, -0.15) is 0 Å². The molecule has 0 radical (unpaired) electrons. The number of hydrogen-bond donors (Lipinski definition) is 0. The summed E-state index contributed by atoms with van der Waals surface area (Å²) in [5.74, 6) is -0.505. The fourth-order valence-corrected chi connectivity index (χ4v) is 2.28. The van der Waals surface area contributed by atoms with Gasteiger partial charge in [0.25, 0.3) is 5.56 Å². The van der Waals surface area contributed by atoms with Crippen LogP contribution in [0.3, 0.4) is 0 Å². The van der Waals surface area contributed by atoms with Gasteiger partial charge in [0.05, 0.1) is 5.56 Å². The molecule has 1 aromatic carbocycles. The molecule has 3 aromatic rings. The number of imidazole rings is 1. The number of ether oxygens (including phenoxy) is 1. The zero-order chi connectivity index (χ0) is 16.6. The molecule has 8 nitrogen and oxygen atoms in total. The smallest absolute Gasteiger partial charge is 0.339 e. The van der Waals surface area contributed by atoms with Crippen LogP contribution in [-0.2, 0) is 25.6 Å². The van der Waals surface area contributed by atoms with E-state index in [-0.39, 0.29) is 17.9 Å². The van der Waals surface area contributed by atoms with Crippen LogP contribution in [0.1, 0.15) is 10.4 Å². The first-order chi connectivity index (χ1) is 11.0. The molecule has 0 bridgehead atoms. The number of nitrogens with zero attached hydrogens (tertiary/aromatic N) is 4. The van der Waals surface area contributed by atoms with E-state index in [0.29, 0.717) is 5.56 Å². The quantitative estimate of drug-likeness (QED) is 0.647. The first-order valence-corrected chi connectivity index (χ1v) is 6.83. The maximum atomic E-state index is 12.2. The third-order valence-corrected chi connectivity index (χ3v) is 3.56. The number of carbonyl (C=O) groups is 1. The summed E-state index contributed by atoms with van der Waals surface area (Å²) in [5, 5.41) is 0. The zero-order valence-electron chi connectivity index (χ0n) is 12.6. The molecule has 0 saturated carbocycles. The lowest BCUT2D eigenvalue weighted by atomic mass is 10.2. The summed E-state index contributed by atoms with van der Waals surface area (Å²) in [4.78, 5) is 40.1. The molecular weight excluding hydrogens is 300 g/mol. The van der Waals surface area contributed by atoms with Crippen molar-refractivity contribution in [2.24, 2.45) is 14.1 Å². The molecule has 0 unspecified atom stereocenters. The minimum absolute atomic E-state index is 0.169. The van der Waals surface area contributed by atoms with E-state index in [4.69, 9.17) is 4.74 Å². The standard InChI is InChI=1S/C15H14N4O4/c1-17-12-11(13(20)18(2)15(17)22)19(8-16-12)9-23-14(21)10-6-4-3-5-7-10/h3-8H,9H2,1-2H3. The molecule has 0 aliphatic carbocycles. The van der Waals surface area contributed by atoms with Gasteiger partial charge in [0.2, 0.25) is 0 Å². The molecule has 0 amide bonds. The monoisotopic (exact) mass is 314 g/mol. The van der Waals surface area contributed by atoms with Gasteiger partial charge in [-0.05, 0) is 12.1 Å². The number of esters is 1. The third-order valence-electron chi connectivity index (χ3n) is 3.56. The van der Waals surface area contributed by atoms with Gasteiger partial charge in [0, 0.05) is 14.1 Å². The normalized spacial score (nSPS) is 10.9. The predicted molar refractivity (Wildman–Crippen MR) is 82.1 cm³/mol. The largest absolute Gasteiger partial charge is 0.440 e. The van der Waals surface area contributed by atoms with Crippen LogP contribution in [0.2, 0.25) is 0 Å². The number of aryl methyl sites for hydroxylation is 1. The van der Waals surface area contributed by atoms with Crippen molar-refractivity contribution in [1.29, 1.82) is 0 Å². The number of fused-ring (bicyclic) bond motifs is 1. The van der Waals surface area contributed by atoms with Gasteiger partial charge in [-0.25, -0.2) is 14.6 Å². The average molecular weight is 314 g/mol. The van der Waals surface area contributed by atoms with Crippen molar-refractivity contribution >= 4 is 17.1 Å². The molecule has 8 heteroatoms. The van der Waals surface area contributed by atoms with Crippen molar-refractivity contribution in [2.75, 3.05) is 0 Å². The molecule has 2 aromatic heterocycles. The predicted octanol–water partition coefficient (Wildman–Crippen LogP) is 0.248. The Hall–Kier alpha value is -3.16. The number of carbonyl (C=O) groups excluding carboxylic acids is 1. The van der Waals surface area contributed by atoms with Gasteiger partial charge in [-0.1, -0.05) is 18.2 Å². The van der Waals surface area contributed by atoms with Crippen molar-refractivity contribution in [3.63, 3.8) is 0 Å². The summed E-state index contributed by atoms with van der Waals surface area (Å²) in [6, 6.07) is 8.53. The van der Waals surface area contributed by atoms with Gasteiger partial charge >= 0.3 is 11.7 Å². The highest BCUT2D eigenvalue weighted by atomic mass is 16.5. The van der Waals surface area contributed by atoms with Gasteiger partial charge in [0.1, 0.15) is 6.33 Å². The lowest BCUT2D eigenvalue weighted by molar-refractivity contribution is 0.0378. The summed E-state index contributed by atoms with van der Waals surface area (Å²) in [6.07, 6.45) is 1.36. The minimum atomic E-state index is -0.505. The van der Waals surface area contributed by atoms with E-state index in [1.165, 1.54) is 29.6 Å². The molecule has 0 atom stereocenters. The Balaban J connectivity index is 1.95. The van der Waals surface area contributed by atoms with Gasteiger partial charge < -0.3 is 4.74 Å². The summed E-state index contributed by atoms with van der Waals surface area (Å²) in [7, 11) is 2.91. The SMILES string of the molecule is Cn1c(=O)c2c(ncn2COC(=O)c2ccccc2)n(C)c1=O. The topological polar surface area (TPSA) is 88.1 Å². The highest BCUT2D eigenvalue weighted by Crippen LogP contribution is 2.07. The van der Waals surface area contributed by atoms with Gasteiger partial charge in [-0.3, -0.25) is 18.5 Å². The molecular formula is C15H14N4O4. The van der Waals surface area contributed by atoms with E-state index < -0.39 is 17.2 Å². The fourth-order valence-electron chi connectivity index (χ4n) is 2.28. The van der Waals surface area contributed by atoms with Crippen LogP contribution in [-0.4, -0.2) is 24.7 Å². The molecule has 0 aliphatic heterocycles. The van der Waals surface area contributed by atoms with E-state index >= 15 is 0 Å². The van der Waals surface area contributed by atoms with E-state index in [2.05, 4.69) is 4.98 Å². The fraction of sp³-hybridized carbons (Fsp3) is 0.200. The molecule has 2 heterocycles. The van der Waals surface area contributed by atoms with E-state index in [0.717, 1.165) is 4.57 Å². The van der Waals surface area contributed by atoms with Gasteiger partial charge in [0.15, 0.2) is 17.9 Å². The van der Waals surface area contributed by atoms with Crippen LogP contribution in [0.25, 0.3) is 11.2 Å². The number of benzene rings is 1. The first-order valence-electron chi connectivity index (χ1n) is 6.83. The van der Waals surface area contributed by atoms with Crippen LogP contribution < -0.4 is 11.2 Å². The molecule has 118 valence electrons. The van der Waals surface area contributed by atoms with E-state index in [9.17, 15) is 14.4 Å². The summed E-state index contributed by atoms with van der Waals surface area (Å²) < 4.78 is 8.85. The second-order valence-corrected chi connectivity index (χ2v) is 5.02. The molecule has 3 rings (SSSR count). The zero-order valence-corrected chi connectivity index (χ0v) is 12.6. The Morgan fingerprint density at radius 3 is 2.52 bits per heavy atom. The van der Waals surface area contributed by atoms with Crippen molar-refractivity contribution in [3.8, 4) is 0 Å². The lowest BCUT2D eigenvalue weighted by Crippen LogP contribution is -2.37. The Kier molecular flexibility index (Phi) is 3.57. The maximum Gasteiger partial charge on any atom is 0.339 e. The highest BCUT2D eigenvalue weighted by Gasteiger charge is 2.15. The molecule has 0 spiro atoms. The molecule has 0 saturated heterocycles. The molecule has 0 N–H and O–H groups in total. The first kappa shape index (κ1) is 14.8. The van der Waals surface area contributed by atoms with Crippen LogP contribution in [0, 0.1) is 0 Å². The molecule has 0 aliphatic rings. The Labute approximate surface area is 130 Å². The van der Waals surface area contributed by atoms with E-state index in [1.54, 1.807) is 30.3 Å². The van der Waals surface area contributed by atoms with Crippen LogP contribution >= 0.6 is 0 Å². The lowest BCUT2D eigenvalue weighted by Gasteiger charge is -2.07. The molecule has 0 fully saturated rings. The second-order valence-electron chi connectivity index (χ2n) is 5.02. The van der Waals surface area contributed by atoms with Crippen molar-refractivity contribution in [3.05, 3.63) is 63.1 Å². The third kappa shape index (κ3) is 2.44. The van der Waals surface area contributed by atoms with E-state index in [1.807, 2.05) is 0 Å². The summed E-state index contributed by atoms with van der Waals surface area (Å²) in [5.41, 5.74) is -0.0908. The van der Waals surface area contributed by atoms with Crippen molar-refractivity contribution in [1.82, 2.24) is 18.7 Å². The highest BCUT2D eigenvalue weighted by molar-refractivity contribution is 5.89.